The molecule has 0 fully saturated rings. The third-order valence-corrected chi connectivity index (χ3v) is 7.13. The Bertz CT molecular complexity index is 1130. The van der Waals surface area contributed by atoms with Gasteiger partial charge in [0, 0.05) is 12.6 Å². The van der Waals surface area contributed by atoms with Gasteiger partial charge in [-0.25, -0.2) is 8.42 Å². The fourth-order valence-electron chi connectivity index (χ4n) is 3.93. The number of benzene rings is 2. The van der Waals surface area contributed by atoms with Crippen molar-refractivity contribution in [3.05, 3.63) is 65.2 Å². The first-order chi connectivity index (χ1) is 16.6. The second-order valence-corrected chi connectivity index (χ2v) is 12.6. The van der Waals surface area contributed by atoms with Crippen LogP contribution in [-0.4, -0.2) is 50.0 Å². The number of anilines is 1. The van der Waals surface area contributed by atoms with Gasteiger partial charge in [-0.2, -0.15) is 0 Å². The Kier molecular flexibility index (Phi) is 9.71. The highest BCUT2D eigenvalue weighted by Gasteiger charge is 2.32. The van der Waals surface area contributed by atoms with Crippen molar-refractivity contribution in [2.24, 2.45) is 0 Å². The van der Waals surface area contributed by atoms with Crippen LogP contribution in [0.3, 0.4) is 0 Å². The van der Waals surface area contributed by atoms with Crippen LogP contribution in [0.2, 0.25) is 0 Å². The summed E-state index contributed by atoms with van der Waals surface area (Å²) in [7, 11) is -3.76. The first kappa shape index (κ1) is 29.4. The molecule has 1 unspecified atom stereocenters. The van der Waals surface area contributed by atoms with Crippen LogP contribution in [0.25, 0.3) is 0 Å². The van der Waals surface area contributed by atoms with E-state index in [9.17, 15) is 18.0 Å². The lowest BCUT2D eigenvalue weighted by Crippen LogP contribution is -2.53. The van der Waals surface area contributed by atoms with Crippen LogP contribution >= 0.6 is 0 Å². The Morgan fingerprint density at radius 1 is 0.972 bits per heavy atom. The number of nitrogens with zero attached hydrogens (tertiary/aromatic N) is 2. The summed E-state index contributed by atoms with van der Waals surface area (Å²) in [6.45, 7) is 13.6. The lowest BCUT2D eigenvalue weighted by Gasteiger charge is -2.33. The minimum Gasteiger partial charge on any atom is -0.352 e. The molecule has 1 atom stereocenters. The summed E-state index contributed by atoms with van der Waals surface area (Å²) in [5.41, 5.74) is 3.33. The van der Waals surface area contributed by atoms with Gasteiger partial charge in [-0.15, -0.1) is 0 Å². The van der Waals surface area contributed by atoms with Gasteiger partial charge in [0.2, 0.25) is 21.8 Å². The fourth-order valence-corrected chi connectivity index (χ4v) is 4.78. The van der Waals surface area contributed by atoms with E-state index in [0.29, 0.717) is 12.1 Å². The molecule has 0 aliphatic rings. The monoisotopic (exact) mass is 515 g/mol. The second kappa shape index (κ2) is 11.9. The molecule has 198 valence electrons. The summed E-state index contributed by atoms with van der Waals surface area (Å²) in [6, 6.07) is 14.1. The van der Waals surface area contributed by atoms with Crippen LogP contribution in [0.4, 0.5) is 5.69 Å². The quantitative estimate of drug-likeness (QED) is 0.508. The van der Waals surface area contributed by atoms with E-state index in [0.717, 1.165) is 27.3 Å². The zero-order chi connectivity index (χ0) is 27.3. The predicted molar refractivity (Wildman–Crippen MR) is 146 cm³/mol. The molecule has 0 radical (unpaired) electrons. The van der Waals surface area contributed by atoms with Crippen LogP contribution in [0, 0.1) is 6.92 Å². The number of rotatable bonds is 10. The van der Waals surface area contributed by atoms with Gasteiger partial charge in [-0.1, -0.05) is 69.7 Å². The number of carbonyl (C=O) groups excluding carboxylic acids is 2. The normalized spacial score (nSPS) is 12.8. The molecular formula is C28H41N3O4S. The Morgan fingerprint density at radius 3 is 1.97 bits per heavy atom. The van der Waals surface area contributed by atoms with E-state index in [2.05, 4.69) is 26.1 Å². The van der Waals surface area contributed by atoms with Crippen molar-refractivity contribution in [2.75, 3.05) is 17.1 Å². The van der Waals surface area contributed by atoms with Crippen molar-refractivity contribution in [1.29, 1.82) is 0 Å². The summed E-state index contributed by atoms with van der Waals surface area (Å²) in [5, 5.41) is 2.89. The molecular weight excluding hydrogens is 474 g/mol. The van der Waals surface area contributed by atoms with Gasteiger partial charge in [0.25, 0.3) is 0 Å². The largest absolute Gasteiger partial charge is 0.352 e. The lowest BCUT2D eigenvalue weighted by molar-refractivity contribution is -0.140. The summed E-state index contributed by atoms with van der Waals surface area (Å²) >= 11 is 0. The number of aryl methyl sites for hydroxylation is 1. The highest BCUT2D eigenvalue weighted by molar-refractivity contribution is 7.92. The van der Waals surface area contributed by atoms with E-state index in [-0.39, 0.29) is 23.9 Å². The molecule has 36 heavy (non-hydrogen) atoms. The first-order valence-corrected chi connectivity index (χ1v) is 14.2. The lowest BCUT2D eigenvalue weighted by atomic mass is 9.87. The van der Waals surface area contributed by atoms with Crippen LogP contribution in [0.5, 0.6) is 0 Å². The van der Waals surface area contributed by atoms with Gasteiger partial charge in [-0.3, -0.25) is 13.9 Å². The molecule has 0 saturated carbocycles. The molecule has 0 aliphatic carbocycles. The summed E-state index contributed by atoms with van der Waals surface area (Å²) in [6.07, 6.45) is 1.49. The Morgan fingerprint density at radius 2 is 1.53 bits per heavy atom. The molecule has 0 aromatic heterocycles. The van der Waals surface area contributed by atoms with Crippen molar-refractivity contribution >= 4 is 27.5 Å². The maximum absolute atomic E-state index is 13.7. The summed E-state index contributed by atoms with van der Waals surface area (Å²) in [5.74, 6) is -0.694. The van der Waals surface area contributed by atoms with Crippen molar-refractivity contribution in [1.82, 2.24) is 10.2 Å². The van der Waals surface area contributed by atoms with Crippen LogP contribution in [0.15, 0.2) is 48.5 Å². The zero-order valence-corrected chi connectivity index (χ0v) is 23.6. The third kappa shape index (κ3) is 8.08. The summed E-state index contributed by atoms with van der Waals surface area (Å²) < 4.78 is 26.6. The molecule has 0 heterocycles. The van der Waals surface area contributed by atoms with Gasteiger partial charge >= 0.3 is 0 Å². The van der Waals surface area contributed by atoms with E-state index in [1.165, 1.54) is 4.90 Å². The number of carbonyl (C=O) groups is 2. The van der Waals surface area contributed by atoms with E-state index < -0.39 is 28.5 Å². The molecule has 2 rings (SSSR count). The minimum absolute atomic E-state index is 0.0864. The van der Waals surface area contributed by atoms with Crippen LogP contribution in [-0.2, 0) is 31.6 Å². The van der Waals surface area contributed by atoms with Crippen molar-refractivity contribution in [3.8, 4) is 0 Å². The number of hydrogen-bond acceptors (Lipinski definition) is 4. The third-order valence-electron chi connectivity index (χ3n) is 5.99. The fraction of sp³-hybridized carbons (Fsp3) is 0.500. The zero-order valence-electron chi connectivity index (χ0n) is 22.8. The van der Waals surface area contributed by atoms with Gasteiger partial charge in [0.05, 0.1) is 11.9 Å². The molecule has 7 nitrogen and oxygen atoms in total. The Balaban J connectivity index is 2.44. The maximum atomic E-state index is 13.7. The van der Waals surface area contributed by atoms with Crippen molar-refractivity contribution < 1.29 is 18.0 Å². The van der Waals surface area contributed by atoms with Gasteiger partial charge < -0.3 is 10.2 Å². The van der Waals surface area contributed by atoms with Gasteiger partial charge in [0.15, 0.2) is 0 Å². The molecule has 2 aromatic carbocycles. The summed E-state index contributed by atoms with van der Waals surface area (Å²) in [4.78, 5) is 28.2. The van der Waals surface area contributed by atoms with Gasteiger partial charge in [-0.05, 0) is 55.9 Å². The molecule has 0 spiro atoms. The number of amides is 2. The van der Waals surface area contributed by atoms with Crippen LogP contribution in [0.1, 0.15) is 64.7 Å². The number of nitrogens with one attached hydrogen (secondary N) is 1. The first-order valence-electron chi connectivity index (χ1n) is 12.4. The SMILES string of the molecule is CCC(C(=O)NC(C)C)N(Cc1ccc(C)cc1)C(=O)CN(c1ccc(C(C)(C)C)cc1)S(C)(=O)=O. The minimum atomic E-state index is -3.76. The highest BCUT2D eigenvalue weighted by atomic mass is 32.2. The molecule has 8 heteroatoms. The topological polar surface area (TPSA) is 86.8 Å². The molecule has 2 aromatic rings. The highest BCUT2D eigenvalue weighted by Crippen LogP contribution is 2.26. The molecule has 0 saturated heterocycles. The number of sulfonamides is 1. The molecule has 2 amide bonds. The smallest absolute Gasteiger partial charge is 0.244 e. The van der Waals surface area contributed by atoms with Crippen LogP contribution < -0.4 is 9.62 Å². The number of hydrogen-bond donors (Lipinski definition) is 1. The molecule has 0 bridgehead atoms. The maximum Gasteiger partial charge on any atom is 0.244 e. The predicted octanol–water partition coefficient (Wildman–Crippen LogP) is 4.39. The standard InChI is InChI=1S/C28H41N3O4S/c1-9-25(27(33)29-20(2)3)30(18-22-12-10-21(4)11-13-22)26(32)19-31(36(8,34)35)24-16-14-23(15-17-24)28(5,6)7/h10-17,20,25H,9,18-19H2,1-8H3,(H,29,33). The van der Waals surface area contributed by atoms with E-state index >= 15 is 0 Å². The Labute approximate surface area is 216 Å². The van der Waals surface area contributed by atoms with Crippen molar-refractivity contribution in [3.63, 3.8) is 0 Å². The molecule has 0 aliphatic heterocycles. The second-order valence-electron chi connectivity index (χ2n) is 10.7. The van der Waals surface area contributed by atoms with E-state index in [1.807, 2.05) is 64.1 Å². The van der Waals surface area contributed by atoms with E-state index in [1.54, 1.807) is 12.1 Å². The average molecular weight is 516 g/mol. The van der Waals surface area contributed by atoms with Crippen molar-refractivity contribution in [2.45, 2.75) is 78.9 Å². The average Bonchev–Trinajstić information content (AvgIpc) is 2.76. The Hall–Kier alpha value is -2.87. The van der Waals surface area contributed by atoms with E-state index in [4.69, 9.17) is 0 Å². The molecule has 1 N–H and O–H groups in total. The van der Waals surface area contributed by atoms with Gasteiger partial charge in [0.1, 0.15) is 12.6 Å².